The number of pyridine rings is 1. The van der Waals surface area contributed by atoms with E-state index >= 15 is 0 Å². The minimum Gasteiger partial charge on any atom is -0.406 e. The summed E-state index contributed by atoms with van der Waals surface area (Å²) in [5, 5.41) is 0.224. The lowest BCUT2D eigenvalue weighted by Crippen LogP contribution is -2.17. The van der Waals surface area contributed by atoms with Gasteiger partial charge in [-0.3, -0.25) is 0 Å². The van der Waals surface area contributed by atoms with Crippen LogP contribution in [0.4, 0.5) is 13.2 Å². The molecule has 0 atom stereocenters. The van der Waals surface area contributed by atoms with Gasteiger partial charge in [0, 0.05) is 11.8 Å². The Bertz CT molecular complexity index is 557. The lowest BCUT2D eigenvalue weighted by molar-refractivity contribution is -0.274. The molecular formula is C12H7ClF3NO. The third-order valence-corrected chi connectivity index (χ3v) is 2.44. The van der Waals surface area contributed by atoms with Gasteiger partial charge in [0.1, 0.15) is 10.9 Å². The quantitative estimate of drug-likeness (QED) is 0.761. The summed E-state index contributed by atoms with van der Waals surface area (Å²) >= 11 is 5.87. The highest BCUT2D eigenvalue weighted by atomic mass is 35.5. The Morgan fingerprint density at radius 2 is 1.89 bits per heavy atom. The van der Waals surface area contributed by atoms with Gasteiger partial charge in [0.2, 0.25) is 0 Å². The average Bonchev–Trinajstić information content (AvgIpc) is 2.27. The Morgan fingerprint density at radius 3 is 2.56 bits per heavy atom. The second-order valence-corrected chi connectivity index (χ2v) is 3.78. The largest absolute Gasteiger partial charge is 0.573 e. The highest BCUT2D eigenvalue weighted by Crippen LogP contribution is 2.30. The smallest absolute Gasteiger partial charge is 0.406 e. The second kappa shape index (κ2) is 4.86. The van der Waals surface area contributed by atoms with E-state index in [0.717, 1.165) is 0 Å². The first kappa shape index (κ1) is 12.7. The molecule has 0 aliphatic rings. The van der Waals surface area contributed by atoms with Crippen LogP contribution in [0.1, 0.15) is 0 Å². The maximum atomic E-state index is 12.1. The van der Waals surface area contributed by atoms with Crippen LogP contribution >= 0.6 is 11.6 Å². The summed E-state index contributed by atoms with van der Waals surface area (Å²) in [5.74, 6) is -0.292. The first-order valence-corrected chi connectivity index (χ1v) is 5.30. The SMILES string of the molecule is FC(F)(F)Oc1cccc(-c2cccnc2Cl)c1. The van der Waals surface area contributed by atoms with Crippen LogP contribution in [0.3, 0.4) is 0 Å². The summed E-state index contributed by atoms with van der Waals surface area (Å²) in [6.45, 7) is 0. The van der Waals surface area contributed by atoms with E-state index in [9.17, 15) is 13.2 Å². The Balaban J connectivity index is 2.36. The summed E-state index contributed by atoms with van der Waals surface area (Å²) in [4.78, 5) is 3.86. The van der Waals surface area contributed by atoms with E-state index in [-0.39, 0.29) is 10.9 Å². The van der Waals surface area contributed by atoms with Crippen molar-refractivity contribution >= 4 is 11.6 Å². The highest BCUT2D eigenvalue weighted by molar-refractivity contribution is 6.32. The van der Waals surface area contributed by atoms with Crippen LogP contribution in [-0.4, -0.2) is 11.3 Å². The number of hydrogen-bond acceptors (Lipinski definition) is 2. The van der Waals surface area contributed by atoms with E-state index in [0.29, 0.717) is 11.1 Å². The molecule has 0 unspecified atom stereocenters. The van der Waals surface area contributed by atoms with Crippen LogP contribution in [0.5, 0.6) is 5.75 Å². The molecule has 0 aliphatic heterocycles. The monoisotopic (exact) mass is 273 g/mol. The Hall–Kier alpha value is -1.75. The highest BCUT2D eigenvalue weighted by Gasteiger charge is 2.31. The standard InChI is InChI=1S/C12H7ClF3NO/c13-11-10(5-2-6-17-11)8-3-1-4-9(7-8)18-12(14,15)16/h1-7H. The van der Waals surface area contributed by atoms with Crippen LogP contribution in [0, 0.1) is 0 Å². The summed E-state index contributed by atoms with van der Waals surface area (Å²) in [6.07, 6.45) is -3.21. The number of ether oxygens (including phenoxy) is 1. The predicted molar refractivity (Wildman–Crippen MR) is 61.4 cm³/mol. The van der Waals surface area contributed by atoms with Crippen molar-refractivity contribution in [3.63, 3.8) is 0 Å². The number of rotatable bonds is 2. The fraction of sp³-hybridized carbons (Fsp3) is 0.0833. The maximum absolute atomic E-state index is 12.1. The Labute approximate surface area is 106 Å². The summed E-state index contributed by atoms with van der Waals surface area (Å²) in [6, 6.07) is 8.89. The Kier molecular flexibility index (Phi) is 3.43. The topological polar surface area (TPSA) is 22.1 Å². The molecule has 0 amide bonds. The molecule has 0 bridgehead atoms. The normalized spacial score (nSPS) is 11.3. The van der Waals surface area contributed by atoms with E-state index < -0.39 is 6.36 Å². The van der Waals surface area contributed by atoms with Gasteiger partial charge in [-0.1, -0.05) is 23.7 Å². The summed E-state index contributed by atoms with van der Waals surface area (Å²) < 4.78 is 40.1. The van der Waals surface area contributed by atoms with Crippen LogP contribution in [-0.2, 0) is 0 Å². The van der Waals surface area contributed by atoms with Crippen molar-refractivity contribution in [1.29, 1.82) is 0 Å². The third-order valence-electron chi connectivity index (χ3n) is 2.14. The van der Waals surface area contributed by atoms with Gasteiger partial charge in [-0.25, -0.2) is 4.98 Å². The fourth-order valence-corrected chi connectivity index (χ4v) is 1.69. The van der Waals surface area contributed by atoms with E-state index in [1.165, 1.54) is 24.4 Å². The molecule has 0 fully saturated rings. The minimum absolute atomic E-state index is 0.224. The molecule has 0 radical (unpaired) electrons. The lowest BCUT2D eigenvalue weighted by atomic mass is 10.1. The van der Waals surface area contributed by atoms with Crippen molar-refractivity contribution in [3.8, 4) is 16.9 Å². The minimum atomic E-state index is -4.71. The third kappa shape index (κ3) is 3.13. The molecule has 6 heteroatoms. The van der Waals surface area contributed by atoms with Crippen molar-refractivity contribution in [3.05, 3.63) is 47.7 Å². The second-order valence-electron chi connectivity index (χ2n) is 3.42. The molecule has 0 saturated carbocycles. The van der Waals surface area contributed by atoms with E-state index in [1.807, 2.05) is 0 Å². The molecular weight excluding hydrogens is 267 g/mol. The molecule has 2 nitrogen and oxygen atoms in total. The van der Waals surface area contributed by atoms with E-state index in [4.69, 9.17) is 11.6 Å². The molecule has 2 aromatic rings. The zero-order valence-corrected chi connectivity index (χ0v) is 9.66. The first-order valence-electron chi connectivity index (χ1n) is 4.92. The molecule has 1 aromatic heterocycles. The number of hydrogen-bond donors (Lipinski definition) is 0. The van der Waals surface area contributed by atoms with Gasteiger partial charge >= 0.3 is 6.36 Å². The average molecular weight is 274 g/mol. The number of nitrogens with zero attached hydrogens (tertiary/aromatic N) is 1. The van der Waals surface area contributed by atoms with E-state index in [1.54, 1.807) is 18.2 Å². The summed E-state index contributed by atoms with van der Waals surface area (Å²) in [5.41, 5.74) is 1.06. The molecule has 2 rings (SSSR count). The van der Waals surface area contributed by atoms with Gasteiger partial charge in [0.05, 0.1) is 0 Å². The molecule has 0 N–H and O–H groups in total. The van der Waals surface area contributed by atoms with Crippen LogP contribution in [0.15, 0.2) is 42.6 Å². The van der Waals surface area contributed by atoms with Crippen molar-refractivity contribution in [2.24, 2.45) is 0 Å². The zero-order valence-electron chi connectivity index (χ0n) is 8.91. The number of alkyl halides is 3. The van der Waals surface area contributed by atoms with Gasteiger partial charge in [0.25, 0.3) is 0 Å². The van der Waals surface area contributed by atoms with Crippen LogP contribution in [0.2, 0.25) is 5.15 Å². The van der Waals surface area contributed by atoms with Gasteiger partial charge in [-0.2, -0.15) is 0 Å². The van der Waals surface area contributed by atoms with Crippen LogP contribution in [0.25, 0.3) is 11.1 Å². The van der Waals surface area contributed by atoms with E-state index in [2.05, 4.69) is 9.72 Å². The number of aromatic nitrogens is 1. The maximum Gasteiger partial charge on any atom is 0.573 e. The molecule has 0 aliphatic carbocycles. The molecule has 18 heavy (non-hydrogen) atoms. The van der Waals surface area contributed by atoms with Crippen molar-refractivity contribution < 1.29 is 17.9 Å². The van der Waals surface area contributed by atoms with Gasteiger partial charge in [-0.15, -0.1) is 13.2 Å². The van der Waals surface area contributed by atoms with Crippen molar-refractivity contribution in [2.75, 3.05) is 0 Å². The van der Waals surface area contributed by atoms with Crippen molar-refractivity contribution in [1.82, 2.24) is 4.98 Å². The molecule has 1 aromatic carbocycles. The number of benzene rings is 1. The van der Waals surface area contributed by atoms with Gasteiger partial charge in [0.15, 0.2) is 0 Å². The molecule has 0 spiro atoms. The first-order chi connectivity index (χ1) is 8.46. The fourth-order valence-electron chi connectivity index (χ4n) is 1.46. The zero-order chi connectivity index (χ0) is 13.2. The molecule has 94 valence electrons. The molecule has 0 saturated heterocycles. The Morgan fingerprint density at radius 1 is 1.11 bits per heavy atom. The molecule has 1 heterocycles. The predicted octanol–water partition coefficient (Wildman–Crippen LogP) is 4.30. The summed E-state index contributed by atoms with van der Waals surface area (Å²) in [7, 11) is 0. The lowest BCUT2D eigenvalue weighted by Gasteiger charge is -2.10. The van der Waals surface area contributed by atoms with Crippen molar-refractivity contribution in [2.45, 2.75) is 6.36 Å². The van der Waals surface area contributed by atoms with Gasteiger partial charge in [-0.05, 0) is 29.8 Å². The van der Waals surface area contributed by atoms with Gasteiger partial charge < -0.3 is 4.74 Å². The number of halogens is 4. The van der Waals surface area contributed by atoms with Crippen LogP contribution < -0.4 is 4.74 Å².